The molecule has 0 aromatic heterocycles. The molecule has 0 N–H and O–H groups in total. The van der Waals surface area contributed by atoms with Gasteiger partial charge in [-0.1, -0.05) is 34.6 Å². The van der Waals surface area contributed by atoms with Crippen LogP contribution in [0.1, 0.15) is 34.6 Å². The lowest BCUT2D eigenvalue weighted by Crippen LogP contribution is -2.39. The van der Waals surface area contributed by atoms with Crippen LogP contribution in [0.25, 0.3) is 0 Å². The Balaban J connectivity index is 4.46. The Morgan fingerprint density at radius 1 is 1.22 bits per heavy atom. The summed E-state index contributed by atoms with van der Waals surface area (Å²) in [7, 11) is -0.327. The van der Waals surface area contributed by atoms with Crippen LogP contribution in [0.4, 0.5) is 0 Å². The average molecular weight is 272 g/mol. The zero-order valence-electron chi connectivity index (χ0n) is 13.0. The van der Waals surface area contributed by atoms with Gasteiger partial charge < -0.3 is 9.16 Å². The quantitative estimate of drug-likeness (QED) is 0.431. The van der Waals surface area contributed by atoms with Crippen molar-refractivity contribution in [1.29, 1.82) is 0 Å². The van der Waals surface area contributed by atoms with E-state index in [9.17, 15) is 4.79 Å². The number of methoxy groups -OCH3 is 1. The number of ether oxygens (including phenoxy) is 1. The van der Waals surface area contributed by atoms with Gasteiger partial charge in [0.05, 0.1) is 19.3 Å². The Bertz CT molecular complexity index is 303. The summed E-state index contributed by atoms with van der Waals surface area (Å²) in [6.07, 6.45) is 3.71. The minimum absolute atomic E-state index is 0.113. The third-order valence-electron chi connectivity index (χ3n) is 3.91. The molecule has 0 amide bonds. The number of rotatable bonds is 5. The van der Waals surface area contributed by atoms with E-state index in [1.165, 1.54) is 7.11 Å². The molecule has 0 unspecified atom stereocenters. The summed E-state index contributed by atoms with van der Waals surface area (Å²) in [4.78, 5) is 11.4. The van der Waals surface area contributed by atoms with Gasteiger partial charge >= 0.3 is 5.97 Å². The summed E-state index contributed by atoms with van der Waals surface area (Å²) in [6.45, 7) is 14.9. The Morgan fingerprint density at radius 2 is 1.72 bits per heavy atom. The average Bonchev–Trinajstić information content (AvgIpc) is 2.24. The minimum Gasteiger partial charge on any atom is -0.549 e. The minimum atomic E-state index is -1.74. The smallest absolute Gasteiger partial charge is 0.308 e. The summed E-state index contributed by atoms with van der Waals surface area (Å²) in [6, 6.07) is 0. The molecule has 0 spiro atoms. The molecule has 0 saturated carbocycles. The molecule has 3 nitrogen and oxygen atoms in total. The molecule has 18 heavy (non-hydrogen) atoms. The van der Waals surface area contributed by atoms with Crippen molar-refractivity contribution in [3.63, 3.8) is 0 Å². The highest BCUT2D eigenvalue weighted by Crippen LogP contribution is 2.36. The topological polar surface area (TPSA) is 35.5 Å². The van der Waals surface area contributed by atoms with Crippen LogP contribution in [0.2, 0.25) is 18.1 Å². The predicted molar refractivity (Wildman–Crippen MR) is 77.8 cm³/mol. The van der Waals surface area contributed by atoms with Crippen LogP contribution in [-0.2, 0) is 14.0 Å². The maximum atomic E-state index is 11.4. The van der Waals surface area contributed by atoms with Gasteiger partial charge in [0.2, 0.25) is 8.32 Å². The molecule has 0 radical (unpaired) electrons. The number of hydrogen-bond acceptors (Lipinski definition) is 3. The first-order chi connectivity index (χ1) is 8.03. The normalized spacial score (nSPS) is 16.4. The summed E-state index contributed by atoms with van der Waals surface area (Å²) in [5, 5.41) is 0.189. The lowest BCUT2D eigenvalue weighted by molar-refractivity contribution is -0.145. The van der Waals surface area contributed by atoms with E-state index >= 15 is 0 Å². The van der Waals surface area contributed by atoms with Crippen LogP contribution in [0.15, 0.2) is 12.3 Å². The lowest BCUT2D eigenvalue weighted by atomic mass is 9.96. The molecule has 0 rings (SSSR count). The van der Waals surface area contributed by atoms with Gasteiger partial charge in [-0.2, -0.15) is 0 Å². The molecule has 0 saturated heterocycles. The number of carbonyl (C=O) groups is 1. The molecule has 0 bridgehead atoms. The molecular weight excluding hydrogens is 244 g/mol. The number of hydrogen-bond donors (Lipinski definition) is 0. The van der Waals surface area contributed by atoms with Gasteiger partial charge in [-0.3, -0.25) is 4.79 Å². The van der Waals surface area contributed by atoms with Crippen LogP contribution >= 0.6 is 0 Å². The van der Waals surface area contributed by atoms with E-state index < -0.39 is 8.32 Å². The maximum Gasteiger partial charge on any atom is 0.308 e. The molecule has 0 heterocycles. The van der Waals surface area contributed by atoms with Gasteiger partial charge in [0.15, 0.2) is 0 Å². The molecule has 2 atom stereocenters. The third-order valence-corrected chi connectivity index (χ3v) is 8.25. The molecule has 0 aromatic rings. The largest absolute Gasteiger partial charge is 0.549 e. The monoisotopic (exact) mass is 272 g/mol. The van der Waals surface area contributed by atoms with Gasteiger partial charge in [0.25, 0.3) is 0 Å². The van der Waals surface area contributed by atoms with E-state index in [0.29, 0.717) is 0 Å². The van der Waals surface area contributed by atoms with Crippen LogP contribution in [0.3, 0.4) is 0 Å². The van der Waals surface area contributed by atoms with Crippen LogP contribution in [0.5, 0.6) is 0 Å². The molecule has 0 aliphatic heterocycles. The van der Waals surface area contributed by atoms with Crippen LogP contribution in [0, 0.1) is 11.8 Å². The van der Waals surface area contributed by atoms with Crippen molar-refractivity contribution in [3.8, 4) is 0 Å². The molecule has 0 aromatic carbocycles. The fraction of sp³-hybridized carbons (Fsp3) is 0.786. The number of esters is 1. The van der Waals surface area contributed by atoms with Crippen molar-refractivity contribution in [2.45, 2.75) is 52.8 Å². The van der Waals surface area contributed by atoms with Gasteiger partial charge in [-0.25, -0.2) is 0 Å². The highest BCUT2D eigenvalue weighted by atomic mass is 28.4. The van der Waals surface area contributed by atoms with E-state index in [0.717, 1.165) is 0 Å². The first kappa shape index (κ1) is 17.2. The Kier molecular flexibility index (Phi) is 6.13. The van der Waals surface area contributed by atoms with Crippen molar-refractivity contribution in [1.82, 2.24) is 0 Å². The second-order valence-electron chi connectivity index (χ2n) is 6.38. The van der Waals surface area contributed by atoms with E-state index in [-0.39, 0.29) is 22.8 Å². The van der Waals surface area contributed by atoms with Crippen LogP contribution in [-0.4, -0.2) is 21.4 Å². The molecule has 0 aliphatic rings. The molecule has 106 valence electrons. The van der Waals surface area contributed by atoms with Crippen molar-refractivity contribution in [2.75, 3.05) is 7.11 Å². The fourth-order valence-electron chi connectivity index (χ4n) is 1.08. The Hall–Kier alpha value is -0.773. The summed E-state index contributed by atoms with van der Waals surface area (Å²) < 4.78 is 10.7. The van der Waals surface area contributed by atoms with Gasteiger partial charge in [-0.05, 0) is 30.1 Å². The lowest BCUT2D eigenvalue weighted by Gasteiger charge is -2.35. The van der Waals surface area contributed by atoms with Gasteiger partial charge in [0, 0.05) is 0 Å². The summed E-state index contributed by atoms with van der Waals surface area (Å²) in [5.74, 6) is -0.212. The first-order valence-corrected chi connectivity index (χ1v) is 9.36. The van der Waals surface area contributed by atoms with Crippen molar-refractivity contribution < 1.29 is 14.0 Å². The Labute approximate surface area is 113 Å². The summed E-state index contributed by atoms with van der Waals surface area (Å²) in [5.41, 5.74) is 0. The first-order valence-electron chi connectivity index (χ1n) is 6.45. The number of carbonyl (C=O) groups excluding carboxylic acids is 1. The second-order valence-corrected chi connectivity index (χ2v) is 11.1. The van der Waals surface area contributed by atoms with E-state index in [1.807, 2.05) is 19.9 Å². The number of allylic oxidation sites excluding steroid dienone is 1. The molecule has 0 fully saturated rings. The standard InChI is InChI=1S/C14H28O3Si/c1-11(12(2)13(15)16-6)9-10-17-18(7,8)14(3,4)5/h9-12H,1-8H3/b10-9-/t11-,12-/m0/s1. The highest BCUT2D eigenvalue weighted by molar-refractivity contribution is 6.74. The van der Waals surface area contributed by atoms with Crippen molar-refractivity contribution in [3.05, 3.63) is 12.3 Å². The third kappa shape index (κ3) is 4.84. The molecular formula is C14H28O3Si. The van der Waals surface area contributed by atoms with E-state index in [4.69, 9.17) is 9.16 Å². The second kappa shape index (κ2) is 6.41. The van der Waals surface area contributed by atoms with Crippen molar-refractivity contribution in [2.24, 2.45) is 11.8 Å². The Morgan fingerprint density at radius 3 is 2.11 bits per heavy atom. The van der Waals surface area contributed by atoms with E-state index in [2.05, 4.69) is 33.9 Å². The van der Waals surface area contributed by atoms with Gasteiger partial charge in [0.1, 0.15) is 0 Å². The maximum absolute atomic E-state index is 11.4. The fourth-order valence-corrected chi connectivity index (χ4v) is 1.85. The summed E-state index contributed by atoms with van der Waals surface area (Å²) >= 11 is 0. The zero-order valence-corrected chi connectivity index (χ0v) is 14.0. The SMILES string of the molecule is COC(=O)[C@@H](C)[C@@H](C)/C=C\O[Si](C)(C)C(C)(C)C. The molecule has 0 aliphatic carbocycles. The van der Waals surface area contributed by atoms with Crippen LogP contribution < -0.4 is 0 Å². The predicted octanol–water partition coefficient (Wildman–Crippen LogP) is 3.97. The molecule has 4 heteroatoms. The highest BCUT2D eigenvalue weighted by Gasteiger charge is 2.38. The van der Waals surface area contributed by atoms with E-state index in [1.54, 1.807) is 6.26 Å². The van der Waals surface area contributed by atoms with Crippen molar-refractivity contribution >= 4 is 14.3 Å². The van der Waals surface area contributed by atoms with Gasteiger partial charge in [-0.15, -0.1) is 0 Å². The zero-order chi connectivity index (χ0) is 14.6.